The van der Waals surface area contributed by atoms with Crippen LogP contribution in [0, 0.1) is 0 Å². The maximum atomic E-state index is 11.3. The maximum absolute atomic E-state index is 11.3. The molecule has 0 aliphatic rings. The summed E-state index contributed by atoms with van der Waals surface area (Å²) in [5.41, 5.74) is -0.447. The Balaban J connectivity index is 3.32. The Morgan fingerprint density at radius 3 is 2.00 bits per heavy atom. The van der Waals surface area contributed by atoms with E-state index in [1.807, 2.05) is 20.8 Å². The van der Waals surface area contributed by atoms with Crippen LogP contribution in [0.1, 0.15) is 46.5 Å². The van der Waals surface area contributed by atoms with Gasteiger partial charge in [-0.1, -0.05) is 28.8 Å². The molecule has 2 N–H and O–H groups in total. The molecule has 0 aliphatic heterocycles. The van der Waals surface area contributed by atoms with Crippen LogP contribution >= 0.6 is 15.9 Å². The molecule has 0 radical (unpaired) electrons. The quantitative estimate of drug-likeness (QED) is 0.528. The van der Waals surface area contributed by atoms with E-state index in [4.69, 9.17) is 4.74 Å². The van der Waals surface area contributed by atoms with Crippen LogP contribution in [0.5, 0.6) is 0 Å². The number of rotatable bonds is 8. The third kappa shape index (κ3) is 13.5. The summed E-state index contributed by atoms with van der Waals surface area (Å²) >= 11 is 3.09. The second-order valence-corrected chi connectivity index (χ2v) is 5.89. The van der Waals surface area contributed by atoms with Crippen LogP contribution < -0.4 is 10.6 Å². The van der Waals surface area contributed by atoms with Gasteiger partial charge in [0.2, 0.25) is 5.91 Å². The molecule has 0 saturated carbocycles. The summed E-state index contributed by atoms with van der Waals surface area (Å²) in [6.07, 6.45) is 3.59. The molecule has 19 heavy (non-hydrogen) atoms. The van der Waals surface area contributed by atoms with Gasteiger partial charge in [0.15, 0.2) is 0 Å². The zero-order valence-electron chi connectivity index (χ0n) is 12.1. The van der Waals surface area contributed by atoms with Gasteiger partial charge in [0.25, 0.3) is 0 Å². The van der Waals surface area contributed by atoms with E-state index >= 15 is 0 Å². The lowest BCUT2D eigenvalue weighted by molar-refractivity contribution is -0.118. The van der Waals surface area contributed by atoms with E-state index in [2.05, 4.69) is 26.6 Å². The lowest BCUT2D eigenvalue weighted by Gasteiger charge is -2.19. The Kier molecular flexibility index (Phi) is 9.65. The molecule has 0 rings (SSSR count). The first kappa shape index (κ1) is 18.2. The molecule has 112 valence electrons. The van der Waals surface area contributed by atoms with Gasteiger partial charge in [0, 0.05) is 13.1 Å². The van der Waals surface area contributed by atoms with E-state index < -0.39 is 5.60 Å². The number of ether oxygens (including phenoxy) is 1. The van der Waals surface area contributed by atoms with Crippen molar-refractivity contribution in [2.75, 3.05) is 18.4 Å². The number of carbonyl (C=O) groups is 2. The van der Waals surface area contributed by atoms with E-state index in [1.165, 1.54) is 0 Å². The summed E-state index contributed by atoms with van der Waals surface area (Å²) in [5, 5.41) is 5.87. The Morgan fingerprint density at radius 1 is 1.00 bits per heavy atom. The highest BCUT2D eigenvalue weighted by Gasteiger charge is 2.15. The number of alkyl carbamates (subject to hydrolysis) is 1. The van der Waals surface area contributed by atoms with Gasteiger partial charge < -0.3 is 15.4 Å². The van der Waals surface area contributed by atoms with Crippen molar-refractivity contribution in [2.45, 2.75) is 52.1 Å². The van der Waals surface area contributed by atoms with Crippen molar-refractivity contribution in [1.82, 2.24) is 10.6 Å². The van der Waals surface area contributed by atoms with Crippen LogP contribution in [-0.4, -0.2) is 36.0 Å². The summed E-state index contributed by atoms with van der Waals surface area (Å²) < 4.78 is 5.12. The monoisotopic (exact) mass is 336 g/mol. The zero-order valence-corrected chi connectivity index (χ0v) is 13.6. The lowest BCUT2D eigenvalue weighted by atomic mass is 10.2. The van der Waals surface area contributed by atoms with Crippen LogP contribution in [-0.2, 0) is 9.53 Å². The molecule has 0 heterocycles. The lowest BCUT2D eigenvalue weighted by Crippen LogP contribution is -2.33. The van der Waals surface area contributed by atoms with Crippen molar-refractivity contribution >= 4 is 27.9 Å². The molecule has 0 fully saturated rings. The van der Waals surface area contributed by atoms with Gasteiger partial charge in [-0.25, -0.2) is 4.79 Å². The molecule has 0 aromatic rings. The smallest absolute Gasteiger partial charge is 0.407 e. The Hall–Kier alpha value is -0.780. The predicted molar refractivity (Wildman–Crippen MR) is 79.5 cm³/mol. The third-order valence-corrected chi connectivity index (χ3v) is 2.72. The molecule has 0 aromatic carbocycles. The fourth-order valence-electron chi connectivity index (χ4n) is 1.38. The molecule has 0 atom stereocenters. The second-order valence-electron chi connectivity index (χ2n) is 5.33. The topological polar surface area (TPSA) is 67.4 Å². The van der Waals surface area contributed by atoms with Crippen LogP contribution in [0.4, 0.5) is 4.79 Å². The number of alkyl halides is 1. The van der Waals surface area contributed by atoms with E-state index in [1.54, 1.807) is 0 Å². The fraction of sp³-hybridized carbons (Fsp3) is 0.846. The number of hydrogen-bond donors (Lipinski definition) is 2. The number of amides is 2. The van der Waals surface area contributed by atoms with Crippen molar-refractivity contribution < 1.29 is 14.3 Å². The van der Waals surface area contributed by atoms with Crippen LogP contribution in [0.3, 0.4) is 0 Å². The van der Waals surface area contributed by atoms with Gasteiger partial charge in [-0.05, 0) is 33.6 Å². The summed E-state index contributed by atoms with van der Waals surface area (Å²) in [6.45, 7) is 6.86. The first-order chi connectivity index (χ1) is 8.85. The number of halogens is 1. The van der Waals surface area contributed by atoms with Crippen molar-refractivity contribution in [1.29, 1.82) is 0 Å². The van der Waals surface area contributed by atoms with E-state index in [-0.39, 0.29) is 12.0 Å². The second kappa shape index (κ2) is 10.1. The first-order valence-corrected chi connectivity index (χ1v) is 7.77. The van der Waals surface area contributed by atoms with Crippen LogP contribution in [0.15, 0.2) is 0 Å². The maximum Gasteiger partial charge on any atom is 0.407 e. The molecule has 0 bridgehead atoms. The average Bonchev–Trinajstić information content (AvgIpc) is 2.29. The fourth-order valence-corrected chi connectivity index (χ4v) is 1.58. The number of hydrogen-bond acceptors (Lipinski definition) is 3. The summed E-state index contributed by atoms with van der Waals surface area (Å²) in [6, 6.07) is 0. The van der Waals surface area contributed by atoms with Crippen LogP contribution in [0.2, 0.25) is 0 Å². The number of unbranched alkanes of at least 4 members (excludes halogenated alkanes) is 3. The molecule has 0 aliphatic carbocycles. The summed E-state index contributed by atoms with van der Waals surface area (Å²) in [7, 11) is 0. The predicted octanol–water partition coefficient (Wildman–Crippen LogP) is 2.58. The first-order valence-electron chi connectivity index (χ1n) is 6.64. The van der Waals surface area contributed by atoms with Gasteiger partial charge in [-0.2, -0.15) is 0 Å². The molecule has 0 unspecified atom stereocenters. The minimum absolute atomic E-state index is 0.0200. The molecule has 5 nitrogen and oxygen atoms in total. The summed E-state index contributed by atoms with van der Waals surface area (Å²) in [4.78, 5) is 22.2. The Bertz CT molecular complexity index is 278. The van der Waals surface area contributed by atoms with E-state index in [0.29, 0.717) is 18.4 Å². The highest BCUT2D eigenvalue weighted by Crippen LogP contribution is 2.06. The number of carbonyl (C=O) groups excluding carboxylic acids is 2. The molecule has 0 spiro atoms. The standard InChI is InChI=1S/C13H25BrN2O3/c1-13(2,3)19-12(18)16-9-7-5-4-6-8-15-11(17)10-14/h4-10H2,1-3H3,(H,15,17)(H,16,18). The molecular weight excluding hydrogens is 312 g/mol. The van der Waals surface area contributed by atoms with E-state index in [0.717, 1.165) is 25.7 Å². The normalized spacial score (nSPS) is 10.9. The minimum atomic E-state index is -0.447. The van der Waals surface area contributed by atoms with E-state index in [9.17, 15) is 9.59 Å². The molecule has 6 heteroatoms. The van der Waals surface area contributed by atoms with Gasteiger partial charge in [-0.15, -0.1) is 0 Å². The van der Waals surface area contributed by atoms with Gasteiger partial charge in [0.05, 0.1) is 5.33 Å². The molecular formula is C13H25BrN2O3. The highest BCUT2D eigenvalue weighted by molar-refractivity contribution is 9.09. The minimum Gasteiger partial charge on any atom is -0.444 e. The van der Waals surface area contributed by atoms with Crippen molar-refractivity contribution in [3.8, 4) is 0 Å². The third-order valence-electron chi connectivity index (χ3n) is 2.22. The van der Waals surface area contributed by atoms with Gasteiger partial charge in [0.1, 0.15) is 5.60 Å². The van der Waals surface area contributed by atoms with Crippen LogP contribution in [0.25, 0.3) is 0 Å². The Morgan fingerprint density at radius 2 is 1.53 bits per heavy atom. The van der Waals surface area contributed by atoms with Crippen molar-refractivity contribution in [3.05, 3.63) is 0 Å². The van der Waals surface area contributed by atoms with Crippen molar-refractivity contribution in [2.24, 2.45) is 0 Å². The highest BCUT2D eigenvalue weighted by atomic mass is 79.9. The molecule has 0 aromatic heterocycles. The van der Waals surface area contributed by atoms with Crippen molar-refractivity contribution in [3.63, 3.8) is 0 Å². The Labute approximate surface area is 124 Å². The molecule has 0 saturated heterocycles. The molecule has 2 amide bonds. The number of nitrogens with one attached hydrogen (secondary N) is 2. The zero-order chi connectivity index (χ0) is 14.7. The summed E-state index contributed by atoms with van der Waals surface area (Å²) in [5.74, 6) is 0.0200. The van der Waals surface area contributed by atoms with Gasteiger partial charge >= 0.3 is 6.09 Å². The SMILES string of the molecule is CC(C)(C)OC(=O)NCCCCCCNC(=O)CBr. The largest absolute Gasteiger partial charge is 0.444 e. The van der Waals surface area contributed by atoms with Gasteiger partial charge in [-0.3, -0.25) is 4.79 Å². The average molecular weight is 337 g/mol.